The third-order valence-electron chi connectivity index (χ3n) is 0.376. The Kier molecular flexibility index (Phi) is 11.2. The SMILES string of the molecule is CC(=O)CCl.CC(=O)CCl. The van der Waals surface area contributed by atoms with Crippen molar-refractivity contribution in [2.75, 3.05) is 11.8 Å². The molecule has 0 aromatic heterocycles. The number of ketones is 2. The molecule has 0 bridgehead atoms. The zero-order valence-electron chi connectivity index (χ0n) is 5.99. The van der Waals surface area contributed by atoms with Gasteiger partial charge in [0.2, 0.25) is 0 Å². The smallest absolute Gasteiger partial charge is 0.144 e. The molecule has 4 heteroatoms. The molecule has 0 rings (SSSR count). The van der Waals surface area contributed by atoms with E-state index in [-0.39, 0.29) is 23.3 Å². The molecule has 0 aromatic rings. The number of carbonyl (C=O) groups excluding carboxylic acids is 2. The van der Waals surface area contributed by atoms with E-state index in [0.717, 1.165) is 0 Å². The lowest BCUT2D eigenvalue weighted by molar-refractivity contribution is -0.115. The molecule has 0 saturated heterocycles. The van der Waals surface area contributed by atoms with Crippen molar-refractivity contribution in [1.29, 1.82) is 0 Å². The molecule has 0 unspecified atom stereocenters. The van der Waals surface area contributed by atoms with E-state index >= 15 is 0 Å². The van der Waals surface area contributed by atoms with E-state index in [4.69, 9.17) is 23.2 Å². The fraction of sp³-hybridized carbons (Fsp3) is 0.667. The maximum Gasteiger partial charge on any atom is 0.144 e. The van der Waals surface area contributed by atoms with E-state index in [0.29, 0.717) is 0 Å². The van der Waals surface area contributed by atoms with Crippen LogP contribution in [0, 0.1) is 0 Å². The lowest BCUT2D eigenvalue weighted by Gasteiger charge is -1.69. The van der Waals surface area contributed by atoms with Crippen LogP contribution in [0.3, 0.4) is 0 Å². The molecule has 0 aromatic carbocycles. The molecule has 0 heterocycles. The fourth-order valence-corrected chi connectivity index (χ4v) is 0. The van der Waals surface area contributed by atoms with Gasteiger partial charge in [0.15, 0.2) is 0 Å². The van der Waals surface area contributed by atoms with Gasteiger partial charge in [0.05, 0.1) is 11.8 Å². The summed E-state index contributed by atoms with van der Waals surface area (Å²) in [7, 11) is 0. The van der Waals surface area contributed by atoms with Gasteiger partial charge >= 0.3 is 0 Å². The third kappa shape index (κ3) is 24.7. The van der Waals surface area contributed by atoms with Crippen molar-refractivity contribution in [3.05, 3.63) is 0 Å². The Labute approximate surface area is 70.5 Å². The minimum absolute atomic E-state index is 0.0201. The summed E-state index contributed by atoms with van der Waals surface area (Å²) in [6.45, 7) is 2.90. The van der Waals surface area contributed by atoms with E-state index in [1.807, 2.05) is 0 Å². The highest BCUT2D eigenvalue weighted by Gasteiger charge is 1.79. The zero-order chi connectivity index (χ0) is 8.57. The maximum absolute atomic E-state index is 9.68. The van der Waals surface area contributed by atoms with Gasteiger partial charge in [0.25, 0.3) is 0 Å². The van der Waals surface area contributed by atoms with Gasteiger partial charge in [-0.1, -0.05) is 0 Å². The second-order valence-corrected chi connectivity index (χ2v) is 2.21. The van der Waals surface area contributed by atoms with Crippen LogP contribution >= 0.6 is 23.2 Å². The first kappa shape index (κ1) is 12.6. The lowest BCUT2D eigenvalue weighted by atomic mass is 10.5. The zero-order valence-corrected chi connectivity index (χ0v) is 7.50. The number of carbonyl (C=O) groups is 2. The van der Waals surface area contributed by atoms with Crippen LogP contribution in [-0.2, 0) is 9.59 Å². The van der Waals surface area contributed by atoms with Gasteiger partial charge in [0, 0.05) is 0 Å². The van der Waals surface area contributed by atoms with Gasteiger partial charge in [-0.3, -0.25) is 9.59 Å². The van der Waals surface area contributed by atoms with Crippen molar-refractivity contribution < 1.29 is 9.59 Å². The summed E-state index contributed by atoms with van der Waals surface area (Å²) < 4.78 is 0. The highest BCUT2D eigenvalue weighted by molar-refractivity contribution is 6.27. The van der Waals surface area contributed by atoms with E-state index in [1.54, 1.807) is 0 Å². The van der Waals surface area contributed by atoms with E-state index in [2.05, 4.69) is 0 Å². The third-order valence-corrected chi connectivity index (χ3v) is 1.13. The van der Waals surface area contributed by atoms with Gasteiger partial charge < -0.3 is 0 Å². The Morgan fingerprint density at radius 1 is 1.00 bits per heavy atom. The first-order valence-corrected chi connectivity index (χ1v) is 3.72. The molecular formula is C6H10Cl2O2. The van der Waals surface area contributed by atoms with Gasteiger partial charge in [-0.2, -0.15) is 0 Å². The van der Waals surface area contributed by atoms with Crippen LogP contribution in [0.4, 0.5) is 0 Å². The minimum atomic E-state index is 0.0201. The minimum Gasteiger partial charge on any atom is -0.299 e. The highest BCUT2D eigenvalue weighted by atomic mass is 35.5. The van der Waals surface area contributed by atoms with Crippen molar-refractivity contribution in [1.82, 2.24) is 0 Å². The fourth-order valence-electron chi connectivity index (χ4n) is 0. The Bertz CT molecular complexity index is 98.3. The maximum atomic E-state index is 9.68. The molecule has 0 spiro atoms. The summed E-state index contributed by atoms with van der Waals surface area (Å²) >= 11 is 9.97. The highest BCUT2D eigenvalue weighted by Crippen LogP contribution is 1.71. The summed E-state index contributed by atoms with van der Waals surface area (Å²) in [4.78, 5) is 19.4. The second-order valence-electron chi connectivity index (χ2n) is 1.67. The topological polar surface area (TPSA) is 34.1 Å². The quantitative estimate of drug-likeness (QED) is 0.612. The summed E-state index contributed by atoms with van der Waals surface area (Å²) in [5.41, 5.74) is 0. The van der Waals surface area contributed by atoms with Gasteiger partial charge in [-0.15, -0.1) is 23.2 Å². The molecule has 0 amide bonds. The van der Waals surface area contributed by atoms with Crippen LogP contribution in [0.2, 0.25) is 0 Å². The number of hydrogen-bond donors (Lipinski definition) is 0. The Hall–Kier alpha value is -0.0800. The summed E-state index contributed by atoms with van der Waals surface area (Å²) in [5.74, 6) is 0.318. The molecule has 0 radical (unpaired) electrons. The Morgan fingerprint density at radius 3 is 1.10 bits per heavy atom. The normalized spacial score (nSPS) is 7.60. The van der Waals surface area contributed by atoms with Crippen molar-refractivity contribution in [3.63, 3.8) is 0 Å². The summed E-state index contributed by atoms with van der Waals surface area (Å²) in [6.07, 6.45) is 0. The average Bonchev–Trinajstić information content (AvgIpc) is 1.89. The average molecular weight is 185 g/mol. The van der Waals surface area contributed by atoms with E-state index < -0.39 is 0 Å². The van der Waals surface area contributed by atoms with Crippen LogP contribution < -0.4 is 0 Å². The molecule has 0 atom stereocenters. The predicted octanol–water partition coefficient (Wildman–Crippen LogP) is 1.63. The first-order valence-electron chi connectivity index (χ1n) is 2.65. The standard InChI is InChI=1S/2C3H5ClO/c2*1-3(5)2-4/h2*2H2,1H3. The summed E-state index contributed by atoms with van der Waals surface area (Å²) in [5, 5.41) is 0. The molecule has 0 fully saturated rings. The van der Waals surface area contributed by atoms with E-state index in [1.165, 1.54) is 13.8 Å². The van der Waals surface area contributed by atoms with Crippen LogP contribution in [-0.4, -0.2) is 23.3 Å². The Balaban J connectivity index is 0. The van der Waals surface area contributed by atoms with Crippen molar-refractivity contribution in [2.24, 2.45) is 0 Å². The molecular weight excluding hydrogens is 175 g/mol. The molecule has 10 heavy (non-hydrogen) atoms. The molecule has 0 N–H and O–H groups in total. The summed E-state index contributed by atoms with van der Waals surface area (Å²) in [6, 6.07) is 0. The molecule has 60 valence electrons. The van der Waals surface area contributed by atoms with E-state index in [9.17, 15) is 9.59 Å². The number of hydrogen-bond acceptors (Lipinski definition) is 2. The number of rotatable bonds is 2. The number of halogens is 2. The first-order chi connectivity index (χ1) is 4.54. The van der Waals surface area contributed by atoms with Crippen molar-refractivity contribution in [2.45, 2.75) is 13.8 Å². The van der Waals surface area contributed by atoms with Crippen molar-refractivity contribution >= 4 is 34.8 Å². The molecule has 0 aliphatic rings. The van der Waals surface area contributed by atoms with Gasteiger partial charge in [0.1, 0.15) is 11.6 Å². The molecule has 0 aliphatic heterocycles. The monoisotopic (exact) mass is 184 g/mol. The molecule has 2 nitrogen and oxygen atoms in total. The Morgan fingerprint density at radius 2 is 1.10 bits per heavy atom. The van der Waals surface area contributed by atoms with Crippen molar-refractivity contribution in [3.8, 4) is 0 Å². The van der Waals surface area contributed by atoms with Gasteiger partial charge in [-0.25, -0.2) is 0 Å². The van der Waals surface area contributed by atoms with Crippen LogP contribution in [0.25, 0.3) is 0 Å². The number of Topliss-reactive ketones (excluding diaryl/α,β-unsaturated/α-hetero) is 2. The second kappa shape index (κ2) is 8.92. The van der Waals surface area contributed by atoms with Crippen LogP contribution in [0.5, 0.6) is 0 Å². The number of alkyl halides is 2. The van der Waals surface area contributed by atoms with Crippen LogP contribution in [0.1, 0.15) is 13.8 Å². The van der Waals surface area contributed by atoms with Gasteiger partial charge in [-0.05, 0) is 13.8 Å². The van der Waals surface area contributed by atoms with Crippen LogP contribution in [0.15, 0.2) is 0 Å². The lowest BCUT2D eigenvalue weighted by Crippen LogP contribution is -1.86. The molecule has 0 saturated carbocycles. The predicted molar refractivity (Wildman–Crippen MR) is 42.8 cm³/mol. The largest absolute Gasteiger partial charge is 0.299 e. The molecule has 0 aliphatic carbocycles.